The molecule has 0 bridgehead atoms. The molecule has 0 amide bonds. The lowest BCUT2D eigenvalue weighted by Gasteiger charge is -2.16. The molecular formula is C18H22. The van der Waals surface area contributed by atoms with Gasteiger partial charge >= 0.3 is 0 Å². The van der Waals surface area contributed by atoms with Crippen molar-refractivity contribution in [3.05, 3.63) is 59.2 Å². The normalized spacial score (nSPS) is 11.3. The standard InChI is InChI=1S/C18H22/c1-7-10-15-12-14(6)17(11-8-2)18(13(4)5)16(15)9-3/h7-12H,3-4H2,1-2,5-6H3/b10-7-,11-8-. The minimum absolute atomic E-state index is 1.08. The molecule has 0 unspecified atom stereocenters. The van der Waals surface area contributed by atoms with E-state index in [9.17, 15) is 0 Å². The molecule has 0 aliphatic carbocycles. The van der Waals surface area contributed by atoms with E-state index in [1.165, 1.54) is 27.8 Å². The molecule has 0 aromatic heterocycles. The highest BCUT2D eigenvalue weighted by molar-refractivity contribution is 5.84. The fraction of sp³-hybridized carbons (Fsp3) is 0.222. The third kappa shape index (κ3) is 2.70. The van der Waals surface area contributed by atoms with Gasteiger partial charge in [0, 0.05) is 0 Å². The number of benzene rings is 1. The highest BCUT2D eigenvalue weighted by Crippen LogP contribution is 2.31. The van der Waals surface area contributed by atoms with Crippen LogP contribution in [0.15, 0.2) is 31.4 Å². The molecule has 0 heteroatoms. The maximum absolute atomic E-state index is 4.11. The number of hydrogen-bond acceptors (Lipinski definition) is 0. The molecule has 0 spiro atoms. The highest BCUT2D eigenvalue weighted by atomic mass is 14.2. The second kappa shape index (κ2) is 6.20. The quantitative estimate of drug-likeness (QED) is 0.627. The van der Waals surface area contributed by atoms with E-state index < -0.39 is 0 Å². The van der Waals surface area contributed by atoms with Crippen LogP contribution in [0, 0.1) is 6.92 Å². The van der Waals surface area contributed by atoms with Crippen LogP contribution in [0.3, 0.4) is 0 Å². The van der Waals surface area contributed by atoms with Gasteiger partial charge in [0.05, 0.1) is 0 Å². The smallest absolute Gasteiger partial charge is 0.00797 e. The molecule has 1 rings (SSSR count). The summed E-state index contributed by atoms with van der Waals surface area (Å²) in [7, 11) is 0. The average molecular weight is 238 g/mol. The summed E-state index contributed by atoms with van der Waals surface area (Å²) in [5.74, 6) is 0. The summed E-state index contributed by atoms with van der Waals surface area (Å²) in [6.45, 7) is 16.3. The summed E-state index contributed by atoms with van der Waals surface area (Å²) in [4.78, 5) is 0. The average Bonchev–Trinajstić information content (AvgIpc) is 2.32. The van der Waals surface area contributed by atoms with Crippen LogP contribution in [0.5, 0.6) is 0 Å². The summed E-state index contributed by atoms with van der Waals surface area (Å²) in [5.41, 5.74) is 7.16. The summed E-state index contributed by atoms with van der Waals surface area (Å²) < 4.78 is 0. The minimum Gasteiger partial charge on any atom is -0.0984 e. The van der Waals surface area contributed by atoms with Gasteiger partial charge in [-0.05, 0) is 61.1 Å². The highest BCUT2D eigenvalue weighted by Gasteiger charge is 2.11. The van der Waals surface area contributed by atoms with Gasteiger partial charge in [-0.3, -0.25) is 0 Å². The Morgan fingerprint density at radius 3 is 2.17 bits per heavy atom. The van der Waals surface area contributed by atoms with Crippen molar-refractivity contribution in [3.8, 4) is 0 Å². The molecule has 94 valence electrons. The van der Waals surface area contributed by atoms with E-state index in [0.29, 0.717) is 0 Å². The number of allylic oxidation sites excluding steroid dienone is 3. The molecule has 0 aliphatic heterocycles. The fourth-order valence-electron chi connectivity index (χ4n) is 2.25. The molecule has 0 fully saturated rings. The van der Waals surface area contributed by atoms with Gasteiger partial charge in [0.1, 0.15) is 0 Å². The molecule has 18 heavy (non-hydrogen) atoms. The van der Waals surface area contributed by atoms with Gasteiger partial charge in [-0.1, -0.05) is 49.6 Å². The molecule has 0 saturated heterocycles. The first-order valence-electron chi connectivity index (χ1n) is 6.28. The summed E-state index contributed by atoms with van der Waals surface area (Å²) >= 11 is 0. The Bertz CT molecular complexity index is 525. The van der Waals surface area contributed by atoms with Gasteiger partial charge in [-0.25, -0.2) is 0 Å². The number of hydrogen-bond donors (Lipinski definition) is 0. The Hall–Kier alpha value is -1.82. The van der Waals surface area contributed by atoms with Crippen LogP contribution < -0.4 is 0 Å². The third-order valence-corrected chi connectivity index (χ3v) is 2.96. The molecule has 0 radical (unpaired) electrons. The first-order chi connectivity index (χ1) is 8.56. The predicted molar refractivity (Wildman–Crippen MR) is 85.4 cm³/mol. The van der Waals surface area contributed by atoms with Crippen molar-refractivity contribution < 1.29 is 0 Å². The molecule has 0 nitrogen and oxygen atoms in total. The summed E-state index contributed by atoms with van der Waals surface area (Å²) in [5, 5.41) is 0. The molecule has 0 atom stereocenters. The Kier molecular flexibility index (Phi) is 4.91. The maximum atomic E-state index is 4.11. The molecule has 0 aliphatic rings. The topological polar surface area (TPSA) is 0 Å². The van der Waals surface area contributed by atoms with E-state index in [2.05, 4.69) is 50.5 Å². The van der Waals surface area contributed by atoms with Crippen molar-refractivity contribution in [2.24, 2.45) is 0 Å². The van der Waals surface area contributed by atoms with Gasteiger partial charge in [0.2, 0.25) is 0 Å². The maximum Gasteiger partial charge on any atom is -0.00797 e. The second-order valence-electron chi connectivity index (χ2n) is 4.47. The Labute approximate surface area is 111 Å². The van der Waals surface area contributed by atoms with Crippen molar-refractivity contribution in [2.75, 3.05) is 0 Å². The SMILES string of the molecule is C=Cc1c(/C=C\C)cc(C)c(/C=C\C)c1C(=C)C. The molecular weight excluding hydrogens is 216 g/mol. The Morgan fingerprint density at radius 1 is 1.11 bits per heavy atom. The first kappa shape index (κ1) is 14.2. The van der Waals surface area contributed by atoms with Crippen LogP contribution in [0.1, 0.15) is 48.6 Å². The van der Waals surface area contributed by atoms with Gasteiger partial charge in [-0.15, -0.1) is 0 Å². The van der Waals surface area contributed by atoms with Crippen molar-refractivity contribution in [1.82, 2.24) is 0 Å². The van der Waals surface area contributed by atoms with E-state index in [0.717, 1.165) is 5.57 Å². The zero-order chi connectivity index (χ0) is 13.7. The zero-order valence-electron chi connectivity index (χ0n) is 11.9. The minimum atomic E-state index is 1.08. The summed E-state index contributed by atoms with van der Waals surface area (Å²) in [6, 6.07) is 2.21. The lowest BCUT2D eigenvalue weighted by Crippen LogP contribution is -1.97. The van der Waals surface area contributed by atoms with Crippen molar-refractivity contribution >= 4 is 23.8 Å². The number of aryl methyl sites for hydroxylation is 1. The Morgan fingerprint density at radius 2 is 1.72 bits per heavy atom. The van der Waals surface area contributed by atoms with E-state index in [-0.39, 0.29) is 0 Å². The van der Waals surface area contributed by atoms with E-state index in [4.69, 9.17) is 0 Å². The molecule has 0 N–H and O–H groups in total. The Balaban J connectivity index is 3.77. The van der Waals surface area contributed by atoms with Crippen LogP contribution in [0.25, 0.3) is 23.8 Å². The molecule has 1 aromatic rings. The van der Waals surface area contributed by atoms with Gasteiger partial charge in [0.25, 0.3) is 0 Å². The van der Waals surface area contributed by atoms with Crippen LogP contribution in [-0.2, 0) is 0 Å². The van der Waals surface area contributed by atoms with E-state index in [1.807, 2.05) is 26.8 Å². The van der Waals surface area contributed by atoms with Gasteiger partial charge in [0.15, 0.2) is 0 Å². The van der Waals surface area contributed by atoms with Crippen LogP contribution in [0.2, 0.25) is 0 Å². The lowest BCUT2D eigenvalue weighted by molar-refractivity contribution is 1.38. The van der Waals surface area contributed by atoms with Crippen LogP contribution in [-0.4, -0.2) is 0 Å². The number of rotatable bonds is 4. The van der Waals surface area contributed by atoms with Crippen LogP contribution in [0.4, 0.5) is 0 Å². The molecule has 0 saturated carbocycles. The van der Waals surface area contributed by atoms with Crippen molar-refractivity contribution in [3.63, 3.8) is 0 Å². The second-order valence-corrected chi connectivity index (χ2v) is 4.47. The lowest BCUT2D eigenvalue weighted by atomic mass is 9.88. The van der Waals surface area contributed by atoms with Crippen LogP contribution >= 0.6 is 0 Å². The van der Waals surface area contributed by atoms with E-state index in [1.54, 1.807) is 0 Å². The van der Waals surface area contributed by atoms with Gasteiger partial charge < -0.3 is 0 Å². The largest absolute Gasteiger partial charge is 0.0984 e. The summed E-state index contributed by atoms with van der Waals surface area (Å²) in [6.07, 6.45) is 10.3. The third-order valence-electron chi connectivity index (χ3n) is 2.96. The monoisotopic (exact) mass is 238 g/mol. The van der Waals surface area contributed by atoms with Crippen molar-refractivity contribution in [1.29, 1.82) is 0 Å². The zero-order valence-corrected chi connectivity index (χ0v) is 11.9. The molecule has 1 aromatic carbocycles. The predicted octanol–water partition coefficient (Wildman–Crippen LogP) is 5.74. The van der Waals surface area contributed by atoms with E-state index >= 15 is 0 Å². The fourth-order valence-corrected chi connectivity index (χ4v) is 2.25. The van der Waals surface area contributed by atoms with Gasteiger partial charge in [-0.2, -0.15) is 0 Å². The molecule has 0 heterocycles. The first-order valence-corrected chi connectivity index (χ1v) is 6.28. The van der Waals surface area contributed by atoms with Crippen molar-refractivity contribution in [2.45, 2.75) is 27.7 Å².